The minimum atomic E-state index is -0.338. The van der Waals surface area contributed by atoms with Gasteiger partial charge in [0.25, 0.3) is 0 Å². The van der Waals surface area contributed by atoms with Crippen molar-refractivity contribution in [2.75, 3.05) is 0 Å². The van der Waals surface area contributed by atoms with E-state index >= 15 is 0 Å². The molecule has 0 spiro atoms. The molecule has 2 N–H and O–H groups in total. The van der Waals surface area contributed by atoms with E-state index < -0.39 is 0 Å². The van der Waals surface area contributed by atoms with E-state index in [-0.39, 0.29) is 6.10 Å². The third kappa shape index (κ3) is 4.98. The Hall–Kier alpha value is -0.830. The topological polar surface area (TPSA) is 48.9 Å². The van der Waals surface area contributed by atoms with E-state index in [2.05, 4.69) is 17.1 Å². The van der Waals surface area contributed by atoms with Crippen LogP contribution in [0.5, 0.6) is 0 Å². The summed E-state index contributed by atoms with van der Waals surface area (Å²) in [5.41, 5.74) is 0.906. The zero-order valence-electron chi connectivity index (χ0n) is 9.58. The van der Waals surface area contributed by atoms with Gasteiger partial charge in [-0.3, -0.25) is 5.10 Å². The van der Waals surface area contributed by atoms with Gasteiger partial charge in [0.05, 0.1) is 12.3 Å². The third-order valence-corrected chi connectivity index (χ3v) is 2.74. The molecule has 0 aliphatic rings. The first kappa shape index (κ1) is 12.2. The molecule has 0 amide bonds. The summed E-state index contributed by atoms with van der Waals surface area (Å²) < 4.78 is 0. The average Bonchev–Trinajstić information content (AvgIpc) is 2.76. The molecule has 3 heteroatoms. The van der Waals surface area contributed by atoms with Crippen molar-refractivity contribution in [3.63, 3.8) is 0 Å². The van der Waals surface area contributed by atoms with Crippen molar-refractivity contribution in [2.24, 2.45) is 0 Å². The number of aromatic amines is 1. The van der Waals surface area contributed by atoms with Crippen molar-refractivity contribution < 1.29 is 5.11 Å². The summed E-state index contributed by atoms with van der Waals surface area (Å²) in [6, 6.07) is 0. The van der Waals surface area contributed by atoms with Crippen molar-refractivity contribution in [3.8, 4) is 0 Å². The Morgan fingerprint density at radius 3 is 2.67 bits per heavy atom. The van der Waals surface area contributed by atoms with Gasteiger partial charge in [0, 0.05) is 11.8 Å². The van der Waals surface area contributed by atoms with Gasteiger partial charge in [-0.05, 0) is 6.42 Å². The Balaban J connectivity index is 2.00. The summed E-state index contributed by atoms with van der Waals surface area (Å²) in [6.07, 6.45) is 11.6. The molecular formula is C12H22N2O. The minimum absolute atomic E-state index is 0.338. The molecule has 0 bridgehead atoms. The van der Waals surface area contributed by atoms with E-state index in [1.165, 1.54) is 32.1 Å². The van der Waals surface area contributed by atoms with Gasteiger partial charge in [0.2, 0.25) is 0 Å². The van der Waals surface area contributed by atoms with E-state index in [0.717, 1.165) is 18.4 Å². The summed E-state index contributed by atoms with van der Waals surface area (Å²) >= 11 is 0. The zero-order valence-corrected chi connectivity index (χ0v) is 9.58. The largest absolute Gasteiger partial charge is 0.388 e. The van der Waals surface area contributed by atoms with Crippen molar-refractivity contribution >= 4 is 0 Å². The van der Waals surface area contributed by atoms with Crippen molar-refractivity contribution in [1.29, 1.82) is 0 Å². The Kier molecular flexibility index (Phi) is 6.09. The average molecular weight is 210 g/mol. The van der Waals surface area contributed by atoms with E-state index in [4.69, 9.17) is 0 Å². The fourth-order valence-electron chi connectivity index (χ4n) is 1.73. The van der Waals surface area contributed by atoms with E-state index in [1.54, 1.807) is 12.4 Å². The first-order valence-electron chi connectivity index (χ1n) is 6.01. The Morgan fingerprint density at radius 2 is 2.00 bits per heavy atom. The Morgan fingerprint density at radius 1 is 1.27 bits per heavy atom. The molecule has 0 aromatic carbocycles. The van der Waals surface area contributed by atoms with Crippen LogP contribution in [0.15, 0.2) is 12.4 Å². The number of aromatic nitrogens is 2. The lowest BCUT2D eigenvalue weighted by Crippen LogP contribution is -1.95. The van der Waals surface area contributed by atoms with Crippen molar-refractivity contribution in [1.82, 2.24) is 10.2 Å². The van der Waals surface area contributed by atoms with Gasteiger partial charge in [-0.15, -0.1) is 0 Å². The normalized spacial score (nSPS) is 12.9. The molecule has 86 valence electrons. The van der Waals surface area contributed by atoms with Gasteiger partial charge in [-0.2, -0.15) is 5.10 Å². The predicted molar refractivity (Wildman–Crippen MR) is 61.5 cm³/mol. The van der Waals surface area contributed by atoms with Crippen LogP contribution in [0.4, 0.5) is 0 Å². The summed E-state index contributed by atoms with van der Waals surface area (Å²) in [5, 5.41) is 16.3. The summed E-state index contributed by atoms with van der Waals surface area (Å²) in [6.45, 7) is 2.22. The van der Waals surface area contributed by atoms with Crippen LogP contribution in [0.1, 0.15) is 63.5 Å². The lowest BCUT2D eigenvalue weighted by Gasteiger charge is -2.07. The van der Waals surface area contributed by atoms with Crippen LogP contribution in [0.25, 0.3) is 0 Å². The van der Waals surface area contributed by atoms with Crippen LogP contribution < -0.4 is 0 Å². The molecule has 1 atom stereocenters. The Bertz CT molecular complexity index is 234. The standard InChI is InChI=1S/C12H22N2O/c1-2-3-4-5-6-7-8-12(15)11-9-13-14-10-11/h9-10,12,15H,2-8H2,1H3,(H,13,14). The highest BCUT2D eigenvalue weighted by atomic mass is 16.3. The number of rotatable bonds is 8. The SMILES string of the molecule is CCCCCCCCC(O)c1cn[nH]c1. The highest BCUT2D eigenvalue weighted by molar-refractivity contribution is 5.06. The maximum absolute atomic E-state index is 9.75. The number of H-pyrrole nitrogens is 1. The molecule has 1 heterocycles. The van der Waals surface area contributed by atoms with Crippen LogP contribution in [0, 0.1) is 0 Å². The van der Waals surface area contributed by atoms with Crippen molar-refractivity contribution in [2.45, 2.75) is 58.0 Å². The lowest BCUT2D eigenvalue weighted by atomic mass is 10.0. The second kappa shape index (κ2) is 7.46. The van der Waals surface area contributed by atoms with Gasteiger partial charge in [-0.25, -0.2) is 0 Å². The summed E-state index contributed by atoms with van der Waals surface area (Å²) in [5.74, 6) is 0. The van der Waals surface area contributed by atoms with E-state index in [0.29, 0.717) is 0 Å². The molecule has 0 aliphatic carbocycles. The number of hydrogen-bond donors (Lipinski definition) is 2. The molecule has 1 aromatic rings. The molecular weight excluding hydrogens is 188 g/mol. The quantitative estimate of drug-likeness (QED) is 0.647. The lowest BCUT2D eigenvalue weighted by molar-refractivity contribution is 0.163. The summed E-state index contributed by atoms with van der Waals surface area (Å²) in [7, 11) is 0. The molecule has 1 unspecified atom stereocenters. The smallest absolute Gasteiger partial charge is 0.0820 e. The van der Waals surface area contributed by atoms with Gasteiger partial charge in [0.15, 0.2) is 0 Å². The third-order valence-electron chi connectivity index (χ3n) is 2.74. The maximum Gasteiger partial charge on any atom is 0.0820 e. The molecule has 0 saturated carbocycles. The second-order valence-electron chi connectivity index (χ2n) is 4.10. The predicted octanol–water partition coefficient (Wildman–Crippen LogP) is 3.19. The molecule has 15 heavy (non-hydrogen) atoms. The zero-order chi connectivity index (χ0) is 10.9. The first-order chi connectivity index (χ1) is 7.34. The first-order valence-corrected chi connectivity index (χ1v) is 6.01. The van der Waals surface area contributed by atoms with Crippen LogP contribution in [-0.2, 0) is 0 Å². The molecule has 0 fully saturated rings. The molecule has 0 saturated heterocycles. The molecule has 0 aliphatic heterocycles. The fourth-order valence-corrected chi connectivity index (χ4v) is 1.73. The van der Waals surface area contributed by atoms with Gasteiger partial charge in [-0.1, -0.05) is 45.4 Å². The van der Waals surface area contributed by atoms with Crippen LogP contribution >= 0.6 is 0 Å². The monoisotopic (exact) mass is 210 g/mol. The molecule has 0 radical (unpaired) electrons. The molecule has 1 rings (SSSR count). The van der Waals surface area contributed by atoms with Gasteiger partial charge in [0.1, 0.15) is 0 Å². The highest BCUT2D eigenvalue weighted by Crippen LogP contribution is 2.18. The van der Waals surface area contributed by atoms with E-state index in [1.807, 2.05) is 0 Å². The number of unbranched alkanes of at least 4 members (excludes halogenated alkanes) is 5. The maximum atomic E-state index is 9.75. The minimum Gasteiger partial charge on any atom is -0.388 e. The van der Waals surface area contributed by atoms with Gasteiger partial charge < -0.3 is 5.11 Å². The van der Waals surface area contributed by atoms with Gasteiger partial charge >= 0.3 is 0 Å². The van der Waals surface area contributed by atoms with Crippen LogP contribution in [0.3, 0.4) is 0 Å². The number of hydrogen-bond acceptors (Lipinski definition) is 2. The number of aliphatic hydroxyl groups is 1. The number of nitrogens with one attached hydrogen (secondary N) is 1. The molecule has 3 nitrogen and oxygen atoms in total. The summed E-state index contributed by atoms with van der Waals surface area (Å²) in [4.78, 5) is 0. The van der Waals surface area contributed by atoms with Crippen LogP contribution in [-0.4, -0.2) is 15.3 Å². The number of nitrogens with zero attached hydrogens (tertiary/aromatic N) is 1. The second-order valence-corrected chi connectivity index (χ2v) is 4.10. The Labute approximate surface area is 91.9 Å². The van der Waals surface area contributed by atoms with Crippen LogP contribution in [0.2, 0.25) is 0 Å². The number of aliphatic hydroxyl groups excluding tert-OH is 1. The highest BCUT2D eigenvalue weighted by Gasteiger charge is 2.07. The fraction of sp³-hybridized carbons (Fsp3) is 0.750. The van der Waals surface area contributed by atoms with E-state index in [9.17, 15) is 5.11 Å². The molecule has 1 aromatic heterocycles. The van der Waals surface area contributed by atoms with Crippen molar-refractivity contribution in [3.05, 3.63) is 18.0 Å².